The highest BCUT2D eigenvalue weighted by atomic mass is 35.5. The zero-order valence-corrected chi connectivity index (χ0v) is 25.4. The molecule has 2 fully saturated rings. The minimum Gasteiger partial charge on any atom is -0.491 e. The minimum atomic E-state index is -3.65. The van der Waals surface area contributed by atoms with Gasteiger partial charge in [0.25, 0.3) is 10.2 Å². The largest absolute Gasteiger partial charge is 0.491 e. The monoisotopic (exact) mass is 615 g/mol. The van der Waals surface area contributed by atoms with Gasteiger partial charge >= 0.3 is 5.97 Å². The van der Waals surface area contributed by atoms with Gasteiger partial charge in [0.1, 0.15) is 5.75 Å². The van der Waals surface area contributed by atoms with E-state index in [2.05, 4.69) is 17.0 Å². The summed E-state index contributed by atoms with van der Waals surface area (Å²) in [6, 6.07) is 11.2. The normalized spacial score (nSPS) is 24.5. The van der Waals surface area contributed by atoms with Gasteiger partial charge in [-0.3, -0.25) is 0 Å². The summed E-state index contributed by atoms with van der Waals surface area (Å²) in [6.45, 7) is 2.75. The number of rotatable bonds is 7. The summed E-state index contributed by atoms with van der Waals surface area (Å²) < 4.78 is 36.9. The highest BCUT2D eigenvalue weighted by molar-refractivity contribution is 7.86. The standard InChI is InChI=1S/C31H38ClN3O6S/c1-40-29(24-14-31(15-24)18-35(19-31)42(33,38)39)26-9-6-23(26)17-34-16-22-5-8-25(32)12-20(22)4-2-3-11-41-28-10-7-21(30(36)37)13-27(28)34/h5,7-8,10,12-14,23,26,29H,2-4,6,9,11,15-19H2,1H3,(H,36,37)(H2,33,38,39)/t23-,26+,29-/m0/s1. The molecule has 2 aromatic rings. The molecule has 0 unspecified atom stereocenters. The summed E-state index contributed by atoms with van der Waals surface area (Å²) in [6.07, 6.45) is 7.83. The van der Waals surface area contributed by atoms with Crippen LogP contribution in [0.3, 0.4) is 0 Å². The number of carboxylic acid groups (broad SMARTS) is 1. The predicted octanol–water partition coefficient (Wildman–Crippen LogP) is 4.64. The maximum atomic E-state index is 12.0. The van der Waals surface area contributed by atoms with Gasteiger partial charge in [-0.05, 0) is 97.4 Å². The average molecular weight is 616 g/mol. The summed E-state index contributed by atoms with van der Waals surface area (Å²) in [4.78, 5) is 14.2. The molecule has 11 heteroatoms. The maximum absolute atomic E-state index is 12.0. The number of halogens is 1. The van der Waals surface area contributed by atoms with Crippen LogP contribution in [0.1, 0.15) is 53.6 Å². The molecular weight excluding hydrogens is 578 g/mol. The molecule has 2 aromatic carbocycles. The molecule has 9 nitrogen and oxygen atoms in total. The van der Waals surface area contributed by atoms with Gasteiger partial charge in [-0.2, -0.15) is 12.7 Å². The third-order valence-electron chi connectivity index (χ3n) is 9.50. The molecule has 2 heterocycles. The van der Waals surface area contributed by atoms with Crippen LogP contribution in [-0.2, 0) is 27.9 Å². The van der Waals surface area contributed by atoms with Crippen molar-refractivity contribution in [2.45, 2.75) is 51.2 Å². The zero-order chi connectivity index (χ0) is 29.6. The Morgan fingerprint density at radius 3 is 2.64 bits per heavy atom. The van der Waals surface area contributed by atoms with Crippen LogP contribution in [0.2, 0.25) is 5.02 Å². The van der Waals surface area contributed by atoms with Crippen LogP contribution in [-0.4, -0.2) is 63.3 Å². The molecule has 2 aliphatic heterocycles. The number of hydrogen-bond donors (Lipinski definition) is 2. The Hall–Kier alpha value is -2.63. The number of fused-ring (bicyclic) bond motifs is 2. The van der Waals surface area contributed by atoms with E-state index in [1.807, 2.05) is 12.1 Å². The molecule has 226 valence electrons. The number of aromatic carboxylic acids is 1. The summed E-state index contributed by atoms with van der Waals surface area (Å²) in [5.41, 5.74) is 4.52. The van der Waals surface area contributed by atoms with Gasteiger partial charge in [0, 0.05) is 43.7 Å². The molecule has 3 N–H and O–H groups in total. The topological polar surface area (TPSA) is 122 Å². The second-order valence-corrected chi connectivity index (χ2v) is 14.3. The summed E-state index contributed by atoms with van der Waals surface area (Å²) in [5, 5.41) is 15.8. The van der Waals surface area contributed by atoms with Crippen molar-refractivity contribution in [2.24, 2.45) is 22.4 Å². The maximum Gasteiger partial charge on any atom is 0.335 e. The average Bonchev–Trinajstić information content (AvgIpc) is 2.90. The van der Waals surface area contributed by atoms with Crippen molar-refractivity contribution in [1.29, 1.82) is 0 Å². The molecule has 0 bridgehead atoms. The third kappa shape index (κ3) is 5.79. The number of ether oxygens (including phenoxy) is 2. The van der Waals surface area contributed by atoms with E-state index in [1.54, 1.807) is 25.3 Å². The molecule has 42 heavy (non-hydrogen) atoms. The number of anilines is 1. The fourth-order valence-corrected chi connectivity index (χ4v) is 8.22. The lowest BCUT2D eigenvalue weighted by Gasteiger charge is -2.55. The number of nitrogens with two attached hydrogens (primary N) is 1. The van der Waals surface area contributed by atoms with Crippen molar-refractivity contribution in [3.63, 3.8) is 0 Å². The van der Waals surface area contributed by atoms with Crippen LogP contribution < -0.4 is 14.8 Å². The number of carboxylic acids is 1. The Kier molecular flexibility index (Phi) is 8.04. The fraction of sp³-hybridized carbons (Fsp3) is 0.516. The van der Waals surface area contributed by atoms with Crippen molar-refractivity contribution >= 4 is 33.5 Å². The molecule has 0 radical (unpaired) electrons. The van der Waals surface area contributed by atoms with E-state index in [0.717, 1.165) is 50.8 Å². The summed E-state index contributed by atoms with van der Waals surface area (Å²) in [5.74, 6) is 0.368. The van der Waals surface area contributed by atoms with Crippen molar-refractivity contribution in [2.75, 3.05) is 38.3 Å². The van der Waals surface area contributed by atoms with E-state index < -0.39 is 16.2 Å². The number of benzene rings is 2. The molecule has 2 aliphatic carbocycles. The molecule has 1 saturated carbocycles. The Balaban J connectivity index is 1.27. The number of carbonyl (C=O) groups is 1. The highest BCUT2D eigenvalue weighted by Crippen LogP contribution is 2.52. The first-order valence-corrected chi connectivity index (χ1v) is 16.5. The zero-order valence-electron chi connectivity index (χ0n) is 23.8. The second-order valence-electron chi connectivity index (χ2n) is 12.3. The van der Waals surface area contributed by atoms with E-state index in [-0.39, 0.29) is 17.1 Å². The number of methoxy groups -OCH3 is 1. The Bertz CT molecular complexity index is 1510. The lowest BCUT2D eigenvalue weighted by molar-refractivity contribution is -0.0122. The Morgan fingerprint density at radius 2 is 1.98 bits per heavy atom. The van der Waals surface area contributed by atoms with E-state index in [9.17, 15) is 18.3 Å². The highest BCUT2D eigenvalue weighted by Gasteiger charge is 2.53. The number of nitrogens with zero attached hydrogens (tertiary/aromatic N) is 2. The number of hydrogen-bond acceptors (Lipinski definition) is 6. The second kappa shape index (κ2) is 11.5. The van der Waals surface area contributed by atoms with E-state index in [1.165, 1.54) is 21.0 Å². The minimum absolute atomic E-state index is 0.0333. The van der Waals surface area contributed by atoms with Gasteiger partial charge in [0.15, 0.2) is 0 Å². The van der Waals surface area contributed by atoms with Crippen LogP contribution in [0.5, 0.6) is 5.75 Å². The SMILES string of the molecule is CO[C@@H](C1=CC2(C1)CN(S(N)(=O)=O)C2)[C@@H]1CC[C@H]1CN1Cc2ccc(Cl)cc2CCCCOc2ccc(C(=O)O)cc21. The lowest BCUT2D eigenvalue weighted by atomic mass is 9.60. The molecule has 6 rings (SSSR count). The van der Waals surface area contributed by atoms with Gasteiger partial charge in [-0.1, -0.05) is 23.7 Å². The molecule has 4 aliphatic rings. The van der Waals surface area contributed by atoms with Crippen molar-refractivity contribution in [3.05, 3.63) is 69.8 Å². The van der Waals surface area contributed by atoms with E-state index in [0.29, 0.717) is 48.8 Å². The van der Waals surface area contributed by atoms with E-state index in [4.69, 9.17) is 26.2 Å². The van der Waals surface area contributed by atoms with Gasteiger partial charge < -0.3 is 19.5 Å². The van der Waals surface area contributed by atoms with Crippen molar-refractivity contribution in [1.82, 2.24) is 4.31 Å². The summed E-state index contributed by atoms with van der Waals surface area (Å²) in [7, 11) is -1.90. The van der Waals surface area contributed by atoms with Crippen LogP contribution >= 0.6 is 11.6 Å². The van der Waals surface area contributed by atoms with Crippen LogP contribution in [0.25, 0.3) is 0 Å². The van der Waals surface area contributed by atoms with Gasteiger partial charge in [0.2, 0.25) is 0 Å². The molecule has 0 amide bonds. The fourth-order valence-electron chi connectivity index (χ4n) is 7.15. The molecule has 1 saturated heterocycles. The smallest absolute Gasteiger partial charge is 0.335 e. The van der Waals surface area contributed by atoms with Crippen molar-refractivity contribution < 1.29 is 27.8 Å². The first-order valence-electron chi connectivity index (χ1n) is 14.6. The van der Waals surface area contributed by atoms with Crippen molar-refractivity contribution in [3.8, 4) is 5.75 Å². The van der Waals surface area contributed by atoms with Crippen LogP contribution in [0.4, 0.5) is 5.69 Å². The first-order chi connectivity index (χ1) is 20.0. The molecule has 3 atom stereocenters. The molecule has 1 spiro atoms. The third-order valence-corrected chi connectivity index (χ3v) is 10.7. The van der Waals surface area contributed by atoms with E-state index >= 15 is 0 Å². The lowest BCUT2D eigenvalue weighted by Crippen LogP contribution is -2.62. The quantitative estimate of drug-likeness (QED) is 0.435. The van der Waals surface area contributed by atoms with Crippen LogP contribution in [0, 0.1) is 17.3 Å². The summed E-state index contributed by atoms with van der Waals surface area (Å²) >= 11 is 6.39. The van der Waals surface area contributed by atoms with Gasteiger partial charge in [0.05, 0.1) is 24.0 Å². The van der Waals surface area contributed by atoms with Gasteiger partial charge in [-0.15, -0.1) is 0 Å². The first kappa shape index (κ1) is 29.4. The number of aryl methyl sites for hydroxylation is 1. The van der Waals surface area contributed by atoms with Crippen LogP contribution in [0.15, 0.2) is 48.0 Å². The molecular formula is C31H38ClN3O6S. The molecule has 0 aromatic heterocycles. The predicted molar refractivity (Wildman–Crippen MR) is 161 cm³/mol. The Morgan fingerprint density at radius 1 is 1.19 bits per heavy atom. The van der Waals surface area contributed by atoms with Gasteiger partial charge in [-0.25, -0.2) is 9.93 Å². The Labute approximate surface area is 252 Å².